The van der Waals surface area contributed by atoms with Gasteiger partial charge >= 0.3 is 0 Å². The SMILES string of the molecule is C#C/C=C/c1ccc(NC(C)=O)cc1. The van der Waals surface area contributed by atoms with E-state index in [2.05, 4.69) is 11.2 Å². The van der Waals surface area contributed by atoms with E-state index >= 15 is 0 Å². The van der Waals surface area contributed by atoms with E-state index in [-0.39, 0.29) is 5.91 Å². The number of hydrogen-bond donors (Lipinski definition) is 1. The number of anilines is 1. The molecule has 0 aliphatic carbocycles. The first-order valence-corrected chi connectivity index (χ1v) is 4.22. The number of benzene rings is 1. The Bertz CT molecular complexity index is 382. The highest BCUT2D eigenvalue weighted by Gasteiger charge is 1.93. The molecular formula is C12H11NO. The fourth-order valence-electron chi connectivity index (χ4n) is 1.03. The fourth-order valence-corrected chi connectivity index (χ4v) is 1.03. The van der Waals surface area contributed by atoms with Crippen molar-refractivity contribution >= 4 is 17.7 Å². The van der Waals surface area contributed by atoms with Gasteiger partial charge in [0.05, 0.1) is 0 Å². The first-order valence-electron chi connectivity index (χ1n) is 4.22. The van der Waals surface area contributed by atoms with Crippen LogP contribution in [0.25, 0.3) is 6.08 Å². The van der Waals surface area contributed by atoms with Crippen LogP contribution in [-0.4, -0.2) is 5.91 Å². The summed E-state index contributed by atoms with van der Waals surface area (Å²) in [5.74, 6) is 2.34. The summed E-state index contributed by atoms with van der Waals surface area (Å²) in [6, 6.07) is 7.44. The lowest BCUT2D eigenvalue weighted by molar-refractivity contribution is -0.114. The Morgan fingerprint density at radius 2 is 2.07 bits per heavy atom. The highest BCUT2D eigenvalue weighted by atomic mass is 16.1. The van der Waals surface area contributed by atoms with Gasteiger partial charge in [0.1, 0.15) is 0 Å². The van der Waals surface area contributed by atoms with Crippen LogP contribution in [0.3, 0.4) is 0 Å². The van der Waals surface area contributed by atoms with Crippen LogP contribution in [0.5, 0.6) is 0 Å². The van der Waals surface area contributed by atoms with E-state index in [4.69, 9.17) is 6.42 Å². The lowest BCUT2D eigenvalue weighted by Gasteiger charge is -2.01. The maximum absolute atomic E-state index is 10.7. The molecule has 0 saturated heterocycles. The molecule has 0 aliphatic rings. The molecule has 0 heterocycles. The zero-order valence-corrected chi connectivity index (χ0v) is 7.95. The van der Waals surface area contributed by atoms with Crippen molar-refractivity contribution in [3.8, 4) is 12.3 Å². The third-order valence-corrected chi connectivity index (χ3v) is 1.60. The van der Waals surface area contributed by atoms with Crippen LogP contribution in [0.4, 0.5) is 5.69 Å². The number of hydrogen-bond acceptors (Lipinski definition) is 1. The van der Waals surface area contributed by atoms with Gasteiger partial charge in [-0.1, -0.05) is 18.1 Å². The molecule has 1 N–H and O–H groups in total. The van der Waals surface area contributed by atoms with Crippen molar-refractivity contribution < 1.29 is 4.79 Å². The van der Waals surface area contributed by atoms with Gasteiger partial charge in [-0.15, -0.1) is 6.42 Å². The second-order valence-electron chi connectivity index (χ2n) is 2.80. The summed E-state index contributed by atoms with van der Waals surface area (Å²) in [4.78, 5) is 10.7. The number of carbonyl (C=O) groups is 1. The third-order valence-electron chi connectivity index (χ3n) is 1.60. The molecular weight excluding hydrogens is 174 g/mol. The minimum Gasteiger partial charge on any atom is -0.326 e. The molecule has 0 radical (unpaired) electrons. The zero-order valence-electron chi connectivity index (χ0n) is 7.95. The lowest BCUT2D eigenvalue weighted by Crippen LogP contribution is -2.05. The minimum atomic E-state index is -0.0723. The van der Waals surface area contributed by atoms with Crippen LogP contribution in [0.1, 0.15) is 12.5 Å². The lowest BCUT2D eigenvalue weighted by atomic mass is 10.2. The van der Waals surface area contributed by atoms with Crippen molar-refractivity contribution in [2.75, 3.05) is 5.32 Å². The predicted molar refractivity (Wildman–Crippen MR) is 58.6 cm³/mol. The quantitative estimate of drug-likeness (QED) is 0.704. The van der Waals surface area contributed by atoms with Gasteiger partial charge < -0.3 is 5.32 Å². The van der Waals surface area contributed by atoms with E-state index < -0.39 is 0 Å². The van der Waals surface area contributed by atoms with Crippen LogP contribution in [0.15, 0.2) is 30.3 Å². The van der Waals surface area contributed by atoms with Gasteiger partial charge in [-0.05, 0) is 29.8 Å². The molecule has 0 aromatic heterocycles. The highest BCUT2D eigenvalue weighted by Crippen LogP contribution is 2.10. The van der Waals surface area contributed by atoms with Crippen molar-refractivity contribution in [1.29, 1.82) is 0 Å². The summed E-state index contributed by atoms with van der Waals surface area (Å²) < 4.78 is 0. The molecule has 14 heavy (non-hydrogen) atoms. The largest absolute Gasteiger partial charge is 0.326 e. The maximum Gasteiger partial charge on any atom is 0.221 e. The normalized spacial score (nSPS) is 9.71. The Morgan fingerprint density at radius 3 is 2.57 bits per heavy atom. The number of carbonyl (C=O) groups excluding carboxylic acids is 1. The van der Waals surface area contributed by atoms with Crippen LogP contribution < -0.4 is 5.32 Å². The van der Waals surface area contributed by atoms with E-state index in [0.717, 1.165) is 11.3 Å². The molecule has 70 valence electrons. The standard InChI is InChI=1S/C12H11NO/c1-3-4-5-11-6-8-12(9-7-11)13-10(2)14/h1,4-9H,2H3,(H,13,14)/b5-4+. The van der Waals surface area contributed by atoms with E-state index in [1.165, 1.54) is 6.92 Å². The molecule has 1 aromatic rings. The van der Waals surface area contributed by atoms with Crippen LogP contribution in [0, 0.1) is 12.3 Å². The first-order chi connectivity index (χ1) is 6.72. The van der Waals surface area contributed by atoms with Crippen molar-refractivity contribution in [2.24, 2.45) is 0 Å². The van der Waals surface area contributed by atoms with Crippen LogP contribution >= 0.6 is 0 Å². The molecule has 1 aromatic carbocycles. The van der Waals surface area contributed by atoms with Crippen molar-refractivity contribution in [1.82, 2.24) is 0 Å². The molecule has 2 nitrogen and oxygen atoms in total. The second-order valence-corrected chi connectivity index (χ2v) is 2.80. The van der Waals surface area contributed by atoms with E-state index in [9.17, 15) is 4.79 Å². The van der Waals surface area contributed by atoms with Crippen molar-refractivity contribution in [3.05, 3.63) is 35.9 Å². The number of amides is 1. The fraction of sp³-hybridized carbons (Fsp3) is 0.0833. The van der Waals surface area contributed by atoms with Crippen molar-refractivity contribution in [2.45, 2.75) is 6.92 Å². The van der Waals surface area contributed by atoms with E-state index in [1.54, 1.807) is 6.08 Å². The summed E-state index contributed by atoms with van der Waals surface area (Å²) in [6.45, 7) is 1.48. The van der Waals surface area contributed by atoms with E-state index in [1.807, 2.05) is 30.3 Å². The first kappa shape index (κ1) is 10.1. The van der Waals surface area contributed by atoms with Gasteiger partial charge in [-0.25, -0.2) is 0 Å². The number of allylic oxidation sites excluding steroid dienone is 1. The molecule has 0 aliphatic heterocycles. The monoisotopic (exact) mass is 185 g/mol. The molecule has 0 spiro atoms. The smallest absolute Gasteiger partial charge is 0.221 e. The molecule has 0 unspecified atom stereocenters. The molecule has 0 bridgehead atoms. The minimum absolute atomic E-state index is 0.0723. The Kier molecular flexibility index (Phi) is 3.51. The van der Waals surface area contributed by atoms with Gasteiger partial charge in [0.15, 0.2) is 0 Å². The zero-order chi connectivity index (χ0) is 10.4. The Morgan fingerprint density at radius 1 is 1.43 bits per heavy atom. The van der Waals surface area contributed by atoms with Crippen LogP contribution in [0.2, 0.25) is 0 Å². The summed E-state index contributed by atoms with van der Waals surface area (Å²) in [5.41, 5.74) is 1.80. The third kappa shape index (κ3) is 3.16. The van der Waals surface area contributed by atoms with Gasteiger partial charge in [0, 0.05) is 12.6 Å². The highest BCUT2D eigenvalue weighted by molar-refractivity contribution is 5.88. The summed E-state index contributed by atoms with van der Waals surface area (Å²) in [5, 5.41) is 2.68. The molecule has 0 fully saturated rings. The molecule has 2 heteroatoms. The van der Waals surface area contributed by atoms with Crippen molar-refractivity contribution in [3.63, 3.8) is 0 Å². The average molecular weight is 185 g/mol. The number of terminal acetylenes is 1. The topological polar surface area (TPSA) is 29.1 Å². The predicted octanol–water partition coefficient (Wildman–Crippen LogP) is 2.29. The van der Waals surface area contributed by atoms with E-state index in [0.29, 0.717) is 0 Å². The molecule has 1 amide bonds. The van der Waals surface area contributed by atoms with Crippen LogP contribution in [-0.2, 0) is 4.79 Å². The Hall–Kier alpha value is -2.01. The van der Waals surface area contributed by atoms with Gasteiger partial charge in [0.2, 0.25) is 5.91 Å². The number of nitrogens with one attached hydrogen (secondary N) is 1. The molecule has 0 atom stereocenters. The maximum atomic E-state index is 10.7. The Balaban J connectivity index is 2.74. The summed E-state index contributed by atoms with van der Waals surface area (Å²) in [7, 11) is 0. The molecule has 0 saturated carbocycles. The van der Waals surface area contributed by atoms with Gasteiger partial charge in [0.25, 0.3) is 0 Å². The molecule has 1 rings (SSSR count). The number of rotatable bonds is 2. The van der Waals surface area contributed by atoms with Gasteiger partial charge in [-0.3, -0.25) is 4.79 Å². The summed E-state index contributed by atoms with van der Waals surface area (Å²) in [6.07, 6.45) is 8.54. The average Bonchev–Trinajstić information content (AvgIpc) is 2.16. The van der Waals surface area contributed by atoms with Gasteiger partial charge in [-0.2, -0.15) is 0 Å². The summed E-state index contributed by atoms with van der Waals surface area (Å²) >= 11 is 0. The second kappa shape index (κ2) is 4.88. The Labute approximate surface area is 83.6 Å².